The van der Waals surface area contributed by atoms with Gasteiger partial charge in [0, 0.05) is 0 Å². The van der Waals surface area contributed by atoms with Crippen molar-refractivity contribution >= 4 is 46.7 Å². The Bertz CT molecular complexity index is 990. The maximum atomic E-state index is 12.6. The van der Waals surface area contributed by atoms with Crippen LogP contribution < -0.4 is 4.90 Å². The van der Waals surface area contributed by atoms with Gasteiger partial charge in [-0.05, 0) is 54.8 Å². The zero-order valence-corrected chi connectivity index (χ0v) is 16.8. The van der Waals surface area contributed by atoms with Crippen LogP contribution in [0, 0.1) is 11.8 Å². The first-order valence-electron chi connectivity index (χ1n) is 9.19. The van der Waals surface area contributed by atoms with Crippen LogP contribution in [-0.2, 0) is 20.9 Å². The molecule has 1 saturated heterocycles. The van der Waals surface area contributed by atoms with Gasteiger partial charge < -0.3 is 4.74 Å². The van der Waals surface area contributed by atoms with Crippen LogP contribution in [0.3, 0.4) is 0 Å². The molecule has 148 valence electrons. The molecule has 4 rings (SSSR count). The highest BCUT2D eigenvalue weighted by atomic mass is 35.5. The highest BCUT2D eigenvalue weighted by Crippen LogP contribution is 2.37. The van der Waals surface area contributed by atoms with Crippen LogP contribution >= 0.6 is 23.2 Å². The standard InChI is InChI=1S/C22H17Cl2NO4/c23-18-10-5-13(11-19(18)24)12-29-22(28)14-6-8-15(9-7-14)25-20(26)16-3-1-2-4-17(16)21(25)27/h1-2,5-11,16-17H,3-4,12H2/t16-,17+. The molecule has 0 N–H and O–H groups in total. The number of ether oxygens (including phenoxy) is 1. The molecule has 2 aromatic carbocycles. The zero-order valence-electron chi connectivity index (χ0n) is 15.3. The predicted molar refractivity (Wildman–Crippen MR) is 110 cm³/mol. The number of esters is 1. The van der Waals surface area contributed by atoms with E-state index in [1.54, 1.807) is 42.5 Å². The van der Waals surface area contributed by atoms with Crippen molar-refractivity contribution in [2.75, 3.05) is 4.90 Å². The predicted octanol–water partition coefficient (Wildman–Crippen LogP) is 4.81. The maximum Gasteiger partial charge on any atom is 0.338 e. The Morgan fingerprint density at radius 3 is 2.14 bits per heavy atom. The summed E-state index contributed by atoms with van der Waals surface area (Å²) in [6.07, 6.45) is 5.07. The monoisotopic (exact) mass is 429 g/mol. The molecule has 0 spiro atoms. The molecule has 0 radical (unpaired) electrons. The number of hydrogen-bond donors (Lipinski definition) is 0. The molecular weight excluding hydrogens is 413 g/mol. The Balaban J connectivity index is 1.43. The van der Waals surface area contributed by atoms with Gasteiger partial charge in [-0.2, -0.15) is 0 Å². The lowest BCUT2D eigenvalue weighted by Crippen LogP contribution is -2.30. The highest BCUT2D eigenvalue weighted by Gasteiger charge is 2.47. The summed E-state index contributed by atoms with van der Waals surface area (Å²) in [6.45, 7) is 0.0525. The minimum Gasteiger partial charge on any atom is -0.457 e. The Hall–Kier alpha value is -2.63. The first-order chi connectivity index (χ1) is 14.0. The molecule has 1 aliphatic heterocycles. The number of allylic oxidation sites excluding steroid dienone is 2. The number of carbonyl (C=O) groups is 3. The number of imide groups is 1. The van der Waals surface area contributed by atoms with E-state index >= 15 is 0 Å². The van der Waals surface area contributed by atoms with E-state index in [9.17, 15) is 14.4 Å². The van der Waals surface area contributed by atoms with Crippen LogP contribution in [-0.4, -0.2) is 17.8 Å². The third-order valence-electron chi connectivity index (χ3n) is 5.22. The van der Waals surface area contributed by atoms with E-state index < -0.39 is 5.97 Å². The maximum absolute atomic E-state index is 12.6. The number of halogens is 2. The second-order valence-corrected chi connectivity index (χ2v) is 7.85. The second-order valence-electron chi connectivity index (χ2n) is 7.04. The lowest BCUT2D eigenvalue weighted by Gasteiger charge is -2.15. The van der Waals surface area contributed by atoms with E-state index in [-0.39, 0.29) is 30.3 Å². The van der Waals surface area contributed by atoms with Gasteiger partial charge in [-0.3, -0.25) is 14.5 Å². The largest absolute Gasteiger partial charge is 0.457 e. The van der Waals surface area contributed by atoms with Crippen molar-refractivity contribution < 1.29 is 19.1 Å². The molecule has 2 amide bonds. The summed E-state index contributed by atoms with van der Waals surface area (Å²) >= 11 is 11.8. The number of anilines is 1. The van der Waals surface area contributed by atoms with Crippen LogP contribution in [0.25, 0.3) is 0 Å². The molecule has 0 unspecified atom stereocenters. The van der Waals surface area contributed by atoms with Crippen LogP contribution in [0.4, 0.5) is 5.69 Å². The number of fused-ring (bicyclic) bond motifs is 1. The third-order valence-corrected chi connectivity index (χ3v) is 5.96. The molecule has 1 fully saturated rings. The highest BCUT2D eigenvalue weighted by molar-refractivity contribution is 6.42. The van der Waals surface area contributed by atoms with Crippen molar-refractivity contribution in [3.63, 3.8) is 0 Å². The van der Waals surface area contributed by atoms with Gasteiger partial charge in [0.05, 0.1) is 33.1 Å². The Labute approximate surface area is 177 Å². The molecule has 2 aliphatic rings. The zero-order chi connectivity index (χ0) is 20.5. The first-order valence-corrected chi connectivity index (χ1v) is 9.95. The summed E-state index contributed by atoms with van der Waals surface area (Å²) in [5.41, 5.74) is 1.51. The summed E-state index contributed by atoms with van der Waals surface area (Å²) in [6, 6.07) is 11.3. The summed E-state index contributed by atoms with van der Waals surface area (Å²) < 4.78 is 5.30. The molecule has 7 heteroatoms. The normalized spacial score (nSPS) is 20.7. The summed E-state index contributed by atoms with van der Waals surface area (Å²) in [7, 11) is 0. The smallest absolute Gasteiger partial charge is 0.338 e. The van der Waals surface area contributed by atoms with Crippen LogP contribution in [0.5, 0.6) is 0 Å². The lowest BCUT2D eigenvalue weighted by atomic mass is 9.85. The molecule has 0 bridgehead atoms. The second kappa shape index (κ2) is 8.01. The summed E-state index contributed by atoms with van der Waals surface area (Å²) in [5.74, 6) is -1.45. The molecule has 5 nitrogen and oxygen atoms in total. The number of carbonyl (C=O) groups excluding carboxylic acids is 3. The Kier molecular flexibility index (Phi) is 5.43. The molecular formula is C22H17Cl2NO4. The fourth-order valence-electron chi connectivity index (χ4n) is 3.66. The third kappa shape index (κ3) is 3.80. The van der Waals surface area contributed by atoms with Crippen molar-refractivity contribution in [2.45, 2.75) is 19.4 Å². The summed E-state index contributed by atoms with van der Waals surface area (Å²) in [5, 5.41) is 0.819. The van der Waals surface area contributed by atoms with Gasteiger partial charge in [0.15, 0.2) is 0 Å². The van der Waals surface area contributed by atoms with E-state index in [2.05, 4.69) is 0 Å². The van der Waals surface area contributed by atoms with Crippen molar-refractivity contribution in [1.82, 2.24) is 0 Å². The average molecular weight is 430 g/mol. The average Bonchev–Trinajstić information content (AvgIpc) is 2.99. The Morgan fingerprint density at radius 1 is 0.931 bits per heavy atom. The van der Waals surface area contributed by atoms with E-state index in [4.69, 9.17) is 27.9 Å². The first kappa shape index (κ1) is 19.7. The van der Waals surface area contributed by atoms with Crippen molar-refractivity contribution in [3.8, 4) is 0 Å². The van der Waals surface area contributed by atoms with Gasteiger partial charge in [0.1, 0.15) is 6.61 Å². The van der Waals surface area contributed by atoms with Gasteiger partial charge in [-0.25, -0.2) is 4.79 Å². The molecule has 2 atom stereocenters. The molecule has 29 heavy (non-hydrogen) atoms. The molecule has 0 aromatic heterocycles. The molecule has 0 saturated carbocycles. The van der Waals surface area contributed by atoms with Crippen LogP contribution in [0.15, 0.2) is 54.6 Å². The van der Waals surface area contributed by atoms with Gasteiger partial charge in [0.2, 0.25) is 11.8 Å². The Morgan fingerprint density at radius 2 is 1.55 bits per heavy atom. The number of nitrogens with zero attached hydrogens (tertiary/aromatic N) is 1. The molecule has 2 aromatic rings. The van der Waals surface area contributed by atoms with Gasteiger partial charge in [-0.1, -0.05) is 41.4 Å². The van der Waals surface area contributed by atoms with E-state index in [0.29, 0.717) is 39.7 Å². The fraction of sp³-hybridized carbons (Fsp3) is 0.227. The van der Waals surface area contributed by atoms with Crippen molar-refractivity contribution in [3.05, 3.63) is 75.8 Å². The SMILES string of the molecule is O=C(OCc1ccc(Cl)c(Cl)c1)c1ccc(N2C(=O)[C@H]3CC=CC[C@H]3C2=O)cc1. The number of hydrogen-bond acceptors (Lipinski definition) is 4. The van der Waals surface area contributed by atoms with E-state index in [1.165, 1.54) is 4.90 Å². The number of amides is 2. The van der Waals surface area contributed by atoms with E-state index in [0.717, 1.165) is 0 Å². The number of benzene rings is 2. The van der Waals surface area contributed by atoms with Crippen LogP contribution in [0.2, 0.25) is 10.0 Å². The van der Waals surface area contributed by atoms with E-state index in [1.807, 2.05) is 12.2 Å². The number of rotatable bonds is 4. The summed E-state index contributed by atoms with van der Waals surface area (Å²) in [4.78, 5) is 38.8. The van der Waals surface area contributed by atoms with Crippen molar-refractivity contribution in [2.24, 2.45) is 11.8 Å². The minimum atomic E-state index is -0.514. The molecule has 1 heterocycles. The van der Waals surface area contributed by atoms with Crippen LogP contribution in [0.1, 0.15) is 28.8 Å². The van der Waals surface area contributed by atoms with Gasteiger partial charge >= 0.3 is 5.97 Å². The van der Waals surface area contributed by atoms with Gasteiger partial charge in [-0.15, -0.1) is 0 Å². The topological polar surface area (TPSA) is 63.7 Å². The molecule has 1 aliphatic carbocycles. The quantitative estimate of drug-likeness (QED) is 0.397. The minimum absolute atomic E-state index is 0.0525. The van der Waals surface area contributed by atoms with Gasteiger partial charge in [0.25, 0.3) is 0 Å². The lowest BCUT2D eigenvalue weighted by molar-refractivity contribution is -0.122. The van der Waals surface area contributed by atoms with Crippen molar-refractivity contribution in [1.29, 1.82) is 0 Å². The fourth-order valence-corrected chi connectivity index (χ4v) is 3.98.